The van der Waals surface area contributed by atoms with Gasteiger partial charge in [-0.3, -0.25) is 0 Å². The summed E-state index contributed by atoms with van der Waals surface area (Å²) in [5.41, 5.74) is 7.61. The molecular formula is C23H23N2+. The van der Waals surface area contributed by atoms with Crippen LogP contribution in [0.3, 0.4) is 0 Å². The number of aryl methyl sites for hydroxylation is 3. The quantitative estimate of drug-likeness (QED) is 0.469. The van der Waals surface area contributed by atoms with Crippen LogP contribution in [0.25, 0.3) is 28.1 Å². The van der Waals surface area contributed by atoms with Gasteiger partial charge in [0.1, 0.15) is 5.69 Å². The third kappa shape index (κ3) is 2.54. The van der Waals surface area contributed by atoms with Gasteiger partial charge in [0.15, 0.2) is 11.0 Å². The molecule has 4 aromatic rings. The Balaban J connectivity index is 2.15. The fourth-order valence-corrected chi connectivity index (χ4v) is 3.59. The van der Waals surface area contributed by atoms with Gasteiger partial charge < -0.3 is 0 Å². The summed E-state index contributed by atoms with van der Waals surface area (Å²) in [5.74, 6) is 1.22. The number of para-hydroxylation sites is 1. The Morgan fingerprint density at radius 2 is 1.60 bits per heavy atom. The average molecular weight is 327 g/mol. The molecule has 0 spiro atoms. The number of rotatable bonds is 3. The summed E-state index contributed by atoms with van der Waals surface area (Å²) >= 11 is 0. The molecule has 0 aliphatic heterocycles. The van der Waals surface area contributed by atoms with E-state index in [1.54, 1.807) is 0 Å². The van der Waals surface area contributed by atoms with Crippen LogP contribution in [0.1, 0.15) is 18.1 Å². The van der Waals surface area contributed by atoms with Crippen molar-refractivity contribution in [2.75, 3.05) is 0 Å². The van der Waals surface area contributed by atoms with Gasteiger partial charge in [0.2, 0.25) is 0 Å². The van der Waals surface area contributed by atoms with Crippen LogP contribution >= 0.6 is 0 Å². The van der Waals surface area contributed by atoms with Crippen LogP contribution in [0.4, 0.5) is 0 Å². The zero-order chi connectivity index (χ0) is 17.4. The molecule has 0 amide bonds. The van der Waals surface area contributed by atoms with Crippen molar-refractivity contribution in [3.8, 4) is 17.1 Å². The molecule has 1 aromatic heterocycles. The summed E-state index contributed by atoms with van der Waals surface area (Å²) in [5, 5.41) is 0. The molecule has 3 aromatic carbocycles. The Morgan fingerprint density at radius 3 is 2.32 bits per heavy atom. The molecule has 1 heterocycles. The zero-order valence-electron chi connectivity index (χ0n) is 15.0. The van der Waals surface area contributed by atoms with Gasteiger partial charge in [-0.05, 0) is 54.8 Å². The Kier molecular flexibility index (Phi) is 3.89. The maximum Gasteiger partial charge on any atom is 0.295 e. The smallest absolute Gasteiger partial charge is 0.225 e. The highest BCUT2D eigenvalue weighted by atomic mass is 15.2. The molecule has 0 aliphatic carbocycles. The minimum atomic E-state index is 1.04. The van der Waals surface area contributed by atoms with E-state index in [1.807, 2.05) is 0 Å². The molecular weight excluding hydrogens is 304 g/mol. The summed E-state index contributed by atoms with van der Waals surface area (Å²) in [6, 6.07) is 26.1. The van der Waals surface area contributed by atoms with Gasteiger partial charge >= 0.3 is 0 Å². The van der Waals surface area contributed by atoms with Crippen molar-refractivity contribution in [1.82, 2.24) is 4.57 Å². The standard InChI is InChI=1S/C23H23N2/c1-4-18-14-15-21-22(16-18)25(19-11-6-5-7-12-19)23(24(21)3)20-13-9-8-10-17(20)2/h5-16H,4H2,1-3H3/q+1. The molecule has 0 N–H and O–H groups in total. The first-order chi connectivity index (χ1) is 12.2. The first-order valence-corrected chi connectivity index (χ1v) is 8.85. The van der Waals surface area contributed by atoms with E-state index in [1.165, 1.54) is 39.2 Å². The molecule has 25 heavy (non-hydrogen) atoms. The van der Waals surface area contributed by atoms with Crippen molar-refractivity contribution in [3.05, 3.63) is 83.9 Å². The number of nitrogens with zero attached hydrogens (tertiary/aromatic N) is 2. The monoisotopic (exact) mass is 327 g/mol. The molecule has 0 bridgehead atoms. The van der Waals surface area contributed by atoms with E-state index in [9.17, 15) is 0 Å². The third-order valence-corrected chi connectivity index (χ3v) is 4.98. The SMILES string of the molecule is CCc1ccc2c(c1)n(-c1ccccc1)c(-c1ccccc1C)[n+]2C. The van der Waals surface area contributed by atoms with Crippen molar-refractivity contribution < 1.29 is 4.57 Å². The predicted molar refractivity (Wildman–Crippen MR) is 104 cm³/mol. The second kappa shape index (κ2) is 6.21. The molecule has 4 rings (SSSR count). The first kappa shape index (κ1) is 15.6. The second-order valence-corrected chi connectivity index (χ2v) is 6.55. The minimum Gasteiger partial charge on any atom is -0.225 e. The lowest BCUT2D eigenvalue weighted by molar-refractivity contribution is -0.633. The molecule has 0 unspecified atom stereocenters. The highest BCUT2D eigenvalue weighted by Crippen LogP contribution is 2.29. The van der Waals surface area contributed by atoms with Crippen molar-refractivity contribution in [2.45, 2.75) is 20.3 Å². The van der Waals surface area contributed by atoms with E-state index >= 15 is 0 Å². The van der Waals surface area contributed by atoms with E-state index in [0.717, 1.165) is 6.42 Å². The molecule has 2 heteroatoms. The van der Waals surface area contributed by atoms with Crippen molar-refractivity contribution >= 4 is 11.0 Å². The number of hydrogen-bond acceptors (Lipinski definition) is 0. The van der Waals surface area contributed by atoms with Crippen LogP contribution in [0.15, 0.2) is 72.8 Å². The summed E-state index contributed by atoms with van der Waals surface area (Å²) < 4.78 is 4.70. The van der Waals surface area contributed by atoms with Crippen molar-refractivity contribution in [2.24, 2.45) is 7.05 Å². The van der Waals surface area contributed by atoms with E-state index in [2.05, 4.69) is 103 Å². The van der Waals surface area contributed by atoms with Crippen LogP contribution in [0.5, 0.6) is 0 Å². The fourth-order valence-electron chi connectivity index (χ4n) is 3.59. The van der Waals surface area contributed by atoms with Gasteiger partial charge in [0, 0.05) is 0 Å². The summed E-state index contributed by atoms with van der Waals surface area (Å²) in [6.45, 7) is 4.39. The minimum absolute atomic E-state index is 1.04. The van der Waals surface area contributed by atoms with Crippen LogP contribution in [-0.2, 0) is 13.5 Å². The van der Waals surface area contributed by atoms with E-state index < -0.39 is 0 Å². The van der Waals surface area contributed by atoms with Crippen LogP contribution < -0.4 is 4.57 Å². The maximum atomic E-state index is 2.39. The van der Waals surface area contributed by atoms with Crippen LogP contribution in [0, 0.1) is 6.92 Å². The highest BCUT2D eigenvalue weighted by molar-refractivity contribution is 5.80. The van der Waals surface area contributed by atoms with E-state index in [4.69, 9.17) is 0 Å². The number of benzene rings is 3. The molecule has 0 saturated carbocycles. The summed E-state index contributed by atoms with van der Waals surface area (Å²) in [6.07, 6.45) is 1.04. The molecule has 0 fully saturated rings. The van der Waals surface area contributed by atoms with Crippen molar-refractivity contribution in [3.63, 3.8) is 0 Å². The van der Waals surface area contributed by atoms with Gasteiger partial charge in [-0.25, -0.2) is 4.57 Å². The van der Waals surface area contributed by atoms with E-state index in [-0.39, 0.29) is 0 Å². The Bertz CT molecular complexity index is 1040. The Labute approximate surface area is 149 Å². The van der Waals surface area contributed by atoms with E-state index in [0.29, 0.717) is 0 Å². The van der Waals surface area contributed by atoms with Crippen molar-refractivity contribution in [1.29, 1.82) is 0 Å². The highest BCUT2D eigenvalue weighted by Gasteiger charge is 2.26. The molecule has 0 saturated heterocycles. The normalized spacial score (nSPS) is 11.2. The van der Waals surface area contributed by atoms with Gasteiger partial charge in [0.25, 0.3) is 5.82 Å². The largest absolute Gasteiger partial charge is 0.295 e. The predicted octanol–water partition coefficient (Wildman–Crippen LogP) is 4.99. The lowest BCUT2D eigenvalue weighted by Crippen LogP contribution is -2.30. The average Bonchev–Trinajstić information content (AvgIpc) is 2.94. The molecule has 0 atom stereocenters. The molecule has 124 valence electrons. The second-order valence-electron chi connectivity index (χ2n) is 6.55. The lowest BCUT2D eigenvalue weighted by atomic mass is 10.1. The van der Waals surface area contributed by atoms with Gasteiger partial charge in [-0.2, -0.15) is 4.57 Å². The lowest BCUT2D eigenvalue weighted by Gasteiger charge is -2.06. The first-order valence-electron chi connectivity index (χ1n) is 8.85. The molecule has 0 radical (unpaired) electrons. The number of aromatic nitrogens is 2. The van der Waals surface area contributed by atoms with Crippen LogP contribution in [0.2, 0.25) is 0 Å². The number of hydrogen-bond donors (Lipinski definition) is 0. The molecule has 0 aliphatic rings. The zero-order valence-corrected chi connectivity index (χ0v) is 15.0. The Hall–Kier alpha value is -2.87. The van der Waals surface area contributed by atoms with Gasteiger partial charge in [-0.1, -0.05) is 49.4 Å². The fraction of sp³-hybridized carbons (Fsp3) is 0.174. The topological polar surface area (TPSA) is 8.81 Å². The number of imidazole rings is 1. The number of fused-ring (bicyclic) bond motifs is 1. The van der Waals surface area contributed by atoms with Crippen LogP contribution in [-0.4, -0.2) is 4.57 Å². The third-order valence-electron chi connectivity index (χ3n) is 4.98. The van der Waals surface area contributed by atoms with Gasteiger partial charge in [-0.15, -0.1) is 0 Å². The summed E-state index contributed by atoms with van der Waals surface area (Å²) in [4.78, 5) is 0. The Morgan fingerprint density at radius 1 is 0.880 bits per heavy atom. The maximum absolute atomic E-state index is 2.39. The van der Waals surface area contributed by atoms with Gasteiger partial charge in [0.05, 0.1) is 12.6 Å². The summed E-state index contributed by atoms with van der Waals surface area (Å²) in [7, 11) is 2.16. The molecule has 2 nitrogen and oxygen atoms in total.